The second kappa shape index (κ2) is 9.11. The molecule has 0 heterocycles. The SMILES string of the molecule is O=C(O)Oc1ccc(C(c2ccc(OC(=O)O)cc2)C(F)(F)C(F)(F)C(F)(F)C(F)F)cc1. The molecular weight excluding hydrogens is 476 g/mol. The van der Waals surface area contributed by atoms with E-state index in [0.29, 0.717) is 24.3 Å². The van der Waals surface area contributed by atoms with E-state index < -0.39 is 65.0 Å². The van der Waals surface area contributed by atoms with Crippen molar-refractivity contribution in [3.63, 3.8) is 0 Å². The highest BCUT2D eigenvalue weighted by Gasteiger charge is 2.77. The summed E-state index contributed by atoms with van der Waals surface area (Å²) in [6.07, 6.45) is -8.74. The van der Waals surface area contributed by atoms with E-state index in [1.807, 2.05) is 0 Å². The number of hydrogen-bond donors (Lipinski definition) is 2. The number of halogens is 8. The number of benzene rings is 2. The van der Waals surface area contributed by atoms with Crippen molar-refractivity contribution in [1.29, 1.82) is 0 Å². The van der Waals surface area contributed by atoms with Crippen LogP contribution >= 0.6 is 0 Å². The smallest absolute Gasteiger partial charge is 0.449 e. The summed E-state index contributed by atoms with van der Waals surface area (Å²) in [7, 11) is 0. The molecule has 2 N–H and O–H groups in total. The van der Waals surface area contributed by atoms with Gasteiger partial charge in [-0.3, -0.25) is 0 Å². The van der Waals surface area contributed by atoms with Gasteiger partial charge in [0.05, 0.1) is 5.92 Å². The highest BCUT2D eigenvalue weighted by atomic mass is 19.4. The van der Waals surface area contributed by atoms with Crippen molar-refractivity contribution in [2.45, 2.75) is 30.1 Å². The number of rotatable bonds is 8. The fraction of sp³-hybridized carbons (Fsp3) is 0.263. The summed E-state index contributed by atoms with van der Waals surface area (Å²) in [5.74, 6) is -22.6. The molecule has 0 amide bonds. The molecule has 0 saturated heterocycles. The lowest BCUT2D eigenvalue weighted by Gasteiger charge is -2.37. The van der Waals surface area contributed by atoms with Crippen molar-refractivity contribution >= 4 is 12.3 Å². The molecule has 0 aromatic heterocycles. The molecule has 0 aliphatic heterocycles. The molecule has 6 nitrogen and oxygen atoms in total. The van der Waals surface area contributed by atoms with Gasteiger partial charge in [0, 0.05) is 0 Å². The third-order valence-electron chi connectivity index (χ3n) is 4.31. The minimum atomic E-state index is -6.55. The Balaban J connectivity index is 2.64. The lowest BCUT2D eigenvalue weighted by molar-refractivity contribution is -0.341. The number of carbonyl (C=O) groups is 2. The number of hydrogen-bond acceptors (Lipinski definition) is 4. The Kier molecular flexibility index (Phi) is 7.09. The van der Waals surface area contributed by atoms with Crippen molar-refractivity contribution in [3.05, 3.63) is 59.7 Å². The molecule has 2 aromatic rings. The van der Waals surface area contributed by atoms with Crippen LogP contribution in [0.2, 0.25) is 0 Å². The minimum Gasteiger partial charge on any atom is -0.449 e. The number of alkyl halides is 8. The van der Waals surface area contributed by atoms with E-state index >= 15 is 0 Å². The monoisotopic (exact) mass is 488 g/mol. The first kappa shape index (κ1) is 25.7. The Morgan fingerprint density at radius 3 is 1.27 bits per heavy atom. The zero-order chi connectivity index (χ0) is 25.2. The van der Waals surface area contributed by atoms with Crippen LogP contribution in [0.15, 0.2) is 48.5 Å². The van der Waals surface area contributed by atoms with Gasteiger partial charge in [-0.15, -0.1) is 0 Å². The van der Waals surface area contributed by atoms with Crippen molar-refractivity contribution in [2.24, 2.45) is 0 Å². The molecule has 180 valence electrons. The third-order valence-corrected chi connectivity index (χ3v) is 4.31. The van der Waals surface area contributed by atoms with Gasteiger partial charge in [-0.2, -0.15) is 26.3 Å². The maximum atomic E-state index is 14.9. The zero-order valence-electron chi connectivity index (χ0n) is 15.8. The van der Waals surface area contributed by atoms with Crippen LogP contribution in [0.3, 0.4) is 0 Å². The molecular formula is C19H12F8O6. The van der Waals surface area contributed by atoms with E-state index in [1.165, 1.54) is 0 Å². The molecule has 0 aliphatic rings. The highest BCUT2D eigenvalue weighted by Crippen LogP contribution is 2.55. The molecule has 14 heteroatoms. The largest absolute Gasteiger partial charge is 0.511 e. The standard InChI is InChI=1S/C19H12F8O6/c20-14(21)18(24,25)19(26,27)17(22,23)13(9-1-5-11(6-2-9)32-15(28)29)10-3-7-12(8-4-10)33-16(30)31/h1-8,13-14H,(H,28,29)(H,30,31). The van der Waals surface area contributed by atoms with Gasteiger partial charge in [0.2, 0.25) is 0 Å². The number of carboxylic acid groups (broad SMARTS) is 2. The average molecular weight is 488 g/mol. The topological polar surface area (TPSA) is 93.1 Å². The van der Waals surface area contributed by atoms with E-state index in [9.17, 15) is 44.7 Å². The Morgan fingerprint density at radius 1 is 0.667 bits per heavy atom. The van der Waals surface area contributed by atoms with E-state index in [0.717, 1.165) is 24.3 Å². The lowest BCUT2D eigenvalue weighted by Crippen LogP contribution is -2.59. The van der Waals surface area contributed by atoms with Crippen LogP contribution in [0.1, 0.15) is 17.0 Å². The molecule has 0 bridgehead atoms. The molecule has 33 heavy (non-hydrogen) atoms. The lowest BCUT2D eigenvalue weighted by atomic mass is 9.81. The summed E-state index contributed by atoms with van der Waals surface area (Å²) in [6.45, 7) is 0. The maximum Gasteiger partial charge on any atom is 0.511 e. The van der Waals surface area contributed by atoms with Crippen molar-refractivity contribution in [1.82, 2.24) is 0 Å². The Bertz CT molecular complexity index is 933. The fourth-order valence-electron chi connectivity index (χ4n) is 2.81. The molecule has 0 spiro atoms. The summed E-state index contributed by atoms with van der Waals surface area (Å²) in [5, 5.41) is 17.1. The molecule has 0 fully saturated rings. The van der Waals surface area contributed by atoms with Crippen LogP contribution in [0.25, 0.3) is 0 Å². The van der Waals surface area contributed by atoms with Crippen LogP contribution < -0.4 is 9.47 Å². The zero-order valence-corrected chi connectivity index (χ0v) is 15.8. The molecule has 2 aromatic carbocycles. The average Bonchev–Trinajstić information content (AvgIpc) is 2.69. The summed E-state index contributed by atoms with van der Waals surface area (Å²) in [4.78, 5) is 21.1. The van der Waals surface area contributed by atoms with Gasteiger partial charge in [0.1, 0.15) is 11.5 Å². The van der Waals surface area contributed by atoms with Gasteiger partial charge in [0.15, 0.2) is 0 Å². The van der Waals surface area contributed by atoms with Crippen LogP contribution in [-0.4, -0.2) is 46.7 Å². The third kappa shape index (κ3) is 5.09. The molecule has 0 unspecified atom stereocenters. The Labute approximate surface area is 179 Å². The maximum absolute atomic E-state index is 14.9. The van der Waals surface area contributed by atoms with E-state index in [4.69, 9.17) is 10.2 Å². The summed E-state index contributed by atoms with van der Waals surface area (Å²) in [6, 6.07) is 5.58. The van der Waals surface area contributed by atoms with Crippen LogP contribution in [0.5, 0.6) is 11.5 Å². The molecule has 0 aliphatic carbocycles. The second-order valence-electron chi connectivity index (χ2n) is 6.43. The number of ether oxygens (including phenoxy) is 2. The van der Waals surface area contributed by atoms with Crippen molar-refractivity contribution in [3.8, 4) is 11.5 Å². The highest BCUT2D eigenvalue weighted by molar-refractivity contribution is 5.62. The van der Waals surface area contributed by atoms with Crippen LogP contribution in [0.4, 0.5) is 44.7 Å². The van der Waals surface area contributed by atoms with Crippen molar-refractivity contribution in [2.75, 3.05) is 0 Å². The van der Waals surface area contributed by atoms with Gasteiger partial charge in [-0.1, -0.05) is 24.3 Å². The molecule has 2 rings (SSSR count). The van der Waals surface area contributed by atoms with Crippen LogP contribution in [-0.2, 0) is 0 Å². The summed E-state index contributed by atoms with van der Waals surface area (Å²) in [5.41, 5.74) is -1.59. The minimum absolute atomic E-state index is 0.441. The summed E-state index contributed by atoms with van der Waals surface area (Å²) < 4.78 is 119. The van der Waals surface area contributed by atoms with Gasteiger partial charge < -0.3 is 19.7 Å². The van der Waals surface area contributed by atoms with Gasteiger partial charge in [-0.05, 0) is 35.4 Å². The predicted molar refractivity (Wildman–Crippen MR) is 92.9 cm³/mol. The van der Waals surface area contributed by atoms with Gasteiger partial charge in [-0.25, -0.2) is 18.4 Å². The van der Waals surface area contributed by atoms with Gasteiger partial charge in [0.25, 0.3) is 0 Å². The quantitative estimate of drug-likeness (QED) is 0.265. The first-order valence-electron chi connectivity index (χ1n) is 8.54. The Morgan fingerprint density at radius 2 is 1.00 bits per heavy atom. The fourth-order valence-corrected chi connectivity index (χ4v) is 2.81. The normalized spacial score (nSPS) is 12.7. The summed E-state index contributed by atoms with van der Waals surface area (Å²) >= 11 is 0. The van der Waals surface area contributed by atoms with Gasteiger partial charge >= 0.3 is 36.5 Å². The molecule has 0 saturated carbocycles. The van der Waals surface area contributed by atoms with E-state index in [-0.39, 0.29) is 0 Å². The van der Waals surface area contributed by atoms with Crippen molar-refractivity contribution < 1.29 is 64.4 Å². The van der Waals surface area contributed by atoms with Crippen LogP contribution in [0, 0.1) is 0 Å². The predicted octanol–water partition coefficient (Wildman–Crippen LogP) is 6.10. The first-order chi connectivity index (χ1) is 15.1. The molecule has 0 radical (unpaired) electrons. The first-order valence-corrected chi connectivity index (χ1v) is 8.54. The Hall–Kier alpha value is -3.58. The second-order valence-corrected chi connectivity index (χ2v) is 6.43. The molecule has 0 atom stereocenters. The van der Waals surface area contributed by atoms with E-state index in [2.05, 4.69) is 9.47 Å². The van der Waals surface area contributed by atoms with E-state index in [1.54, 1.807) is 0 Å².